The summed E-state index contributed by atoms with van der Waals surface area (Å²) in [6, 6.07) is 3.82. The number of aryl methyl sites for hydroxylation is 1. The molecule has 1 aromatic carbocycles. The maximum atomic E-state index is 11.8. The van der Waals surface area contributed by atoms with Crippen LogP contribution in [0.1, 0.15) is 89.5 Å². The van der Waals surface area contributed by atoms with E-state index in [2.05, 4.69) is 6.92 Å². The molecule has 0 aliphatic heterocycles. The molecule has 0 aromatic heterocycles. The fraction of sp³-hybridized carbons (Fsp3) is 0.700. The summed E-state index contributed by atoms with van der Waals surface area (Å²) in [5.74, 6) is -0.307. The standard InChI is InChI=1S/C20H34O4S.Na/c1-2-3-4-5-6-7-8-9-10-11-12-13-14-18-15-16-19(17-20(18)21)25(22,23)24;/h15-17,21H,2-14H2,1H3,(H,22,23,24);/q;+1/p-1. The van der Waals surface area contributed by atoms with Crippen LogP contribution >= 0.6 is 0 Å². The van der Waals surface area contributed by atoms with Crippen LogP contribution in [0, 0.1) is 0 Å². The minimum atomic E-state index is -4.29. The molecule has 26 heavy (non-hydrogen) atoms. The Morgan fingerprint density at radius 2 is 1.31 bits per heavy atom. The van der Waals surface area contributed by atoms with Crippen LogP contribution in [-0.4, -0.2) is 13.0 Å². The van der Waals surface area contributed by atoms with E-state index >= 15 is 0 Å². The second-order valence-electron chi connectivity index (χ2n) is 6.88. The molecule has 4 nitrogen and oxygen atoms in total. The zero-order chi connectivity index (χ0) is 18.5. The third-order valence-corrected chi connectivity index (χ3v) is 5.49. The minimum absolute atomic E-state index is 0. The van der Waals surface area contributed by atoms with Crippen molar-refractivity contribution in [1.29, 1.82) is 0 Å². The van der Waals surface area contributed by atoms with E-state index < -0.39 is 10.1 Å². The Bertz CT molecular complexity index is 587. The van der Waals surface area contributed by atoms with Gasteiger partial charge in [0.15, 0.2) is 0 Å². The molecule has 0 aliphatic carbocycles. The molecule has 1 rings (SSSR count). The monoisotopic (exact) mass is 392 g/mol. The van der Waals surface area contributed by atoms with Crippen molar-refractivity contribution in [3.05, 3.63) is 23.8 Å². The molecular formula is C20H33NaO4S. The third kappa shape index (κ3) is 11.6. The molecule has 0 fully saturated rings. The van der Waals surface area contributed by atoms with Gasteiger partial charge in [-0.15, -0.1) is 5.75 Å². The fourth-order valence-corrected chi connectivity index (χ4v) is 3.55. The molecule has 144 valence electrons. The van der Waals surface area contributed by atoms with E-state index in [0.717, 1.165) is 18.9 Å². The zero-order valence-corrected chi connectivity index (χ0v) is 19.3. The normalized spacial score (nSPS) is 11.3. The number of hydrogen-bond donors (Lipinski definition) is 1. The number of hydrogen-bond acceptors (Lipinski definition) is 3. The molecule has 0 atom stereocenters. The maximum Gasteiger partial charge on any atom is 1.00 e. The van der Waals surface area contributed by atoms with E-state index in [1.807, 2.05) is 0 Å². The van der Waals surface area contributed by atoms with Gasteiger partial charge in [0.05, 0.1) is 4.90 Å². The maximum absolute atomic E-state index is 11.8. The van der Waals surface area contributed by atoms with Crippen molar-refractivity contribution in [2.45, 2.75) is 95.3 Å². The predicted molar refractivity (Wildman–Crippen MR) is 100 cm³/mol. The smallest absolute Gasteiger partial charge is 0.872 e. The van der Waals surface area contributed by atoms with Crippen molar-refractivity contribution < 1.29 is 47.6 Å². The van der Waals surface area contributed by atoms with E-state index in [1.54, 1.807) is 0 Å². The molecule has 1 aromatic rings. The summed E-state index contributed by atoms with van der Waals surface area (Å²) >= 11 is 0. The summed E-state index contributed by atoms with van der Waals surface area (Å²) in [5.41, 5.74) is 0.625. The topological polar surface area (TPSA) is 77.4 Å². The first kappa shape index (κ1) is 25.9. The number of benzene rings is 1. The van der Waals surface area contributed by atoms with E-state index in [1.165, 1.54) is 76.3 Å². The van der Waals surface area contributed by atoms with E-state index in [0.29, 0.717) is 12.0 Å². The summed E-state index contributed by atoms with van der Waals surface area (Å²) in [4.78, 5) is -0.323. The van der Waals surface area contributed by atoms with Crippen LogP contribution in [0.2, 0.25) is 0 Å². The summed E-state index contributed by atoms with van der Waals surface area (Å²) < 4.78 is 30.9. The van der Waals surface area contributed by atoms with Crippen molar-refractivity contribution >= 4 is 10.1 Å². The van der Waals surface area contributed by atoms with Gasteiger partial charge in [0.1, 0.15) is 0 Å². The van der Waals surface area contributed by atoms with E-state index in [4.69, 9.17) is 4.55 Å². The predicted octanol–water partition coefficient (Wildman–Crippen LogP) is 2.25. The van der Waals surface area contributed by atoms with E-state index in [9.17, 15) is 13.5 Å². The first-order valence-corrected chi connectivity index (χ1v) is 11.2. The average Bonchev–Trinajstić information content (AvgIpc) is 2.56. The van der Waals surface area contributed by atoms with E-state index in [-0.39, 0.29) is 40.2 Å². The van der Waals surface area contributed by atoms with Crippen LogP contribution in [0.3, 0.4) is 0 Å². The number of rotatable bonds is 14. The molecule has 0 radical (unpaired) electrons. The Morgan fingerprint density at radius 3 is 1.73 bits per heavy atom. The Morgan fingerprint density at radius 1 is 0.846 bits per heavy atom. The number of unbranched alkanes of at least 4 members (excludes halogenated alkanes) is 11. The second-order valence-corrected chi connectivity index (χ2v) is 8.31. The van der Waals surface area contributed by atoms with Crippen LogP contribution in [0.15, 0.2) is 23.1 Å². The van der Waals surface area contributed by atoms with Crippen LogP contribution < -0.4 is 34.7 Å². The summed E-state index contributed by atoms with van der Waals surface area (Å²) in [6.07, 6.45) is 15.9. The quantitative estimate of drug-likeness (QED) is 0.299. The van der Waals surface area contributed by atoms with Crippen molar-refractivity contribution in [3.63, 3.8) is 0 Å². The van der Waals surface area contributed by atoms with Crippen LogP contribution in [0.5, 0.6) is 5.75 Å². The van der Waals surface area contributed by atoms with Gasteiger partial charge in [-0.25, -0.2) is 0 Å². The Labute approximate surface area is 181 Å². The molecule has 0 unspecified atom stereocenters. The summed E-state index contributed by atoms with van der Waals surface area (Å²) in [6.45, 7) is 2.24. The fourth-order valence-electron chi connectivity index (χ4n) is 3.06. The second kappa shape index (κ2) is 14.9. The summed E-state index contributed by atoms with van der Waals surface area (Å²) in [5, 5.41) is 11.8. The van der Waals surface area contributed by atoms with Crippen molar-refractivity contribution in [1.82, 2.24) is 0 Å². The summed E-state index contributed by atoms with van der Waals surface area (Å²) in [7, 11) is -4.29. The third-order valence-electron chi connectivity index (χ3n) is 4.64. The van der Waals surface area contributed by atoms with Gasteiger partial charge < -0.3 is 5.11 Å². The zero-order valence-electron chi connectivity index (χ0n) is 16.5. The van der Waals surface area contributed by atoms with Crippen molar-refractivity contribution in [2.24, 2.45) is 0 Å². The van der Waals surface area contributed by atoms with Crippen molar-refractivity contribution in [2.75, 3.05) is 0 Å². The molecule has 0 bridgehead atoms. The average molecular weight is 393 g/mol. The SMILES string of the molecule is CCCCCCCCCCCCCCc1ccc(S(=O)(=O)O)cc1[O-].[Na+]. The van der Waals surface area contributed by atoms with Crippen LogP contribution in [-0.2, 0) is 16.5 Å². The van der Waals surface area contributed by atoms with Gasteiger partial charge >= 0.3 is 29.6 Å². The molecule has 0 spiro atoms. The minimum Gasteiger partial charge on any atom is -0.872 e. The van der Waals surface area contributed by atoms with Gasteiger partial charge in [0.25, 0.3) is 10.1 Å². The van der Waals surface area contributed by atoms with Gasteiger partial charge in [-0.3, -0.25) is 4.55 Å². The molecule has 0 saturated heterocycles. The molecule has 1 N–H and O–H groups in total. The molecule has 0 amide bonds. The molecule has 0 saturated carbocycles. The van der Waals surface area contributed by atoms with Gasteiger partial charge in [-0.1, -0.05) is 89.2 Å². The first-order chi connectivity index (χ1) is 11.9. The van der Waals surface area contributed by atoms with Gasteiger partial charge in [0, 0.05) is 0 Å². The molecule has 6 heteroatoms. The van der Waals surface area contributed by atoms with Crippen molar-refractivity contribution in [3.8, 4) is 5.75 Å². The van der Waals surface area contributed by atoms with Gasteiger partial charge in [-0.2, -0.15) is 8.42 Å². The van der Waals surface area contributed by atoms with Crippen LogP contribution in [0.25, 0.3) is 0 Å². The first-order valence-electron chi connectivity index (χ1n) is 9.72. The Balaban J connectivity index is 0.00000625. The molecule has 0 heterocycles. The molecule has 0 aliphatic rings. The largest absolute Gasteiger partial charge is 1.00 e. The van der Waals surface area contributed by atoms with Gasteiger partial charge in [0.2, 0.25) is 0 Å². The molecular weight excluding hydrogens is 359 g/mol. The Hall–Kier alpha value is -0.0700. The Kier molecular flexibility index (Phi) is 14.9. The van der Waals surface area contributed by atoms with Crippen LogP contribution in [0.4, 0.5) is 0 Å². The van der Waals surface area contributed by atoms with Gasteiger partial charge in [-0.05, 0) is 25.0 Å².